The molecule has 1 heterocycles. The quantitative estimate of drug-likeness (QED) is 0.518. The number of benzene rings is 2. The van der Waals surface area contributed by atoms with Crippen molar-refractivity contribution in [3.63, 3.8) is 0 Å². The number of nitrogens with zero attached hydrogens (tertiary/aromatic N) is 2. The minimum absolute atomic E-state index is 0.00357. The maximum absolute atomic E-state index is 12.6. The average Bonchev–Trinajstić information content (AvgIpc) is 3.21. The van der Waals surface area contributed by atoms with Crippen LogP contribution < -0.4 is 9.47 Å². The lowest BCUT2D eigenvalue weighted by Crippen LogP contribution is -2.06. The highest BCUT2D eigenvalue weighted by Gasteiger charge is 2.30. The second-order valence-corrected chi connectivity index (χ2v) is 5.96. The van der Waals surface area contributed by atoms with Gasteiger partial charge in [0, 0.05) is 5.56 Å². The number of hydrogen-bond donors (Lipinski definition) is 0. The van der Waals surface area contributed by atoms with Crippen LogP contribution in [-0.4, -0.2) is 29.8 Å². The monoisotopic (exact) mass is 422 g/mol. The summed E-state index contributed by atoms with van der Waals surface area (Å²) in [6.45, 7) is 1.96. The molecule has 0 aliphatic heterocycles. The molecule has 1 aromatic heterocycles. The number of ether oxygens (including phenoxy) is 3. The smallest absolute Gasteiger partial charge is 0.416 e. The van der Waals surface area contributed by atoms with Crippen molar-refractivity contribution >= 4 is 5.97 Å². The average molecular weight is 422 g/mol. The number of methoxy groups -OCH3 is 1. The molecule has 0 saturated heterocycles. The van der Waals surface area contributed by atoms with Crippen LogP contribution in [0.1, 0.15) is 28.7 Å². The van der Waals surface area contributed by atoms with Crippen molar-refractivity contribution in [2.75, 3.05) is 13.7 Å². The van der Waals surface area contributed by atoms with Gasteiger partial charge in [-0.25, -0.2) is 4.79 Å². The summed E-state index contributed by atoms with van der Waals surface area (Å²) in [4.78, 5) is 16.3. The molecule has 30 heavy (non-hydrogen) atoms. The van der Waals surface area contributed by atoms with E-state index in [1.165, 1.54) is 31.4 Å². The van der Waals surface area contributed by atoms with Crippen LogP contribution in [0.2, 0.25) is 0 Å². The molecule has 0 aliphatic carbocycles. The van der Waals surface area contributed by atoms with Crippen LogP contribution >= 0.6 is 0 Å². The van der Waals surface area contributed by atoms with Gasteiger partial charge in [-0.15, -0.1) is 0 Å². The van der Waals surface area contributed by atoms with E-state index in [1.807, 2.05) is 6.92 Å². The Morgan fingerprint density at radius 1 is 1.10 bits per heavy atom. The maximum Gasteiger partial charge on any atom is 0.416 e. The summed E-state index contributed by atoms with van der Waals surface area (Å²) in [5.41, 5.74) is -0.215. The van der Waals surface area contributed by atoms with Crippen molar-refractivity contribution in [3.05, 3.63) is 59.5 Å². The number of halogens is 3. The molecule has 0 N–H and O–H groups in total. The number of rotatable bonds is 7. The standard InChI is InChI=1S/C20H17F3N2O5/c1-3-28-15-9-6-13(10-16(15)27-2)19(26)29-11-17-24-18(25-30-17)12-4-7-14(8-5-12)20(21,22)23/h4-10H,3,11H2,1-2H3. The van der Waals surface area contributed by atoms with Crippen LogP contribution in [0.25, 0.3) is 11.4 Å². The van der Waals surface area contributed by atoms with Gasteiger partial charge in [0.2, 0.25) is 5.82 Å². The molecule has 0 amide bonds. The molecule has 0 aliphatic rings. The molecule has 0 spiro atoms. The first kappa shape index (κ1) is 21.2. The molecule has 7 nitrogen and oxygen atoms in total. The Morgan fingerprint density at radius 3 is 2.47 bits per heavy atom. The Morgan fingerprint density at radius 2 is 1.83 bits per heavy atom. The molecule has 0 unspecified atom stereocenters. The van der Waals surface area contributed by atoms with E-state index in [-0.39, 0.29) is 23.9 Å². The number of hydrogen-bond acceptors (Lipinski definition) is 7. The largest absolute Gasteiger partial charge is 0.493 e. The fourth-order valence-electron chi connectivity index (χ4n) is 2.52. The lowest BCUT2D eigenvalue weighted by Gasteiger charge is -2.10. The number of esters is 1. The topological polar surface area (TPSA) is 83.7 Å². The summed E-state index contributed by atoms with van der Waals surface area (Å²) in [7, 11) is 1.45. The molecule has 0 fully saturated rings. The Balaban J connectivity index is 1.64. The molecule has 0 radical (unpaired) electrons. The van der Waals surface area contributed by atoms with Crippen LogP contribution in [0, 0.1) is 0 Å². The lowest BCUT2D eigenvalue weighted by atomic mass is 10.1. The van der Waals surface area contributed by atoms with Gasteiger partial charge >= 0.3 is 12.1 Å². The van der Waals surface area contributed by atoms with E-state index >= 15 is 0 Å². The Hall–Kier alpha value is -3.56. The van der Waals surface area contributed by atoms with E-state index in [2.05, 4.69) is 10.1 Å². The number of aromatic nitrogens is 2. The lowest BCUT2D eigenvalue weighted by molar-refractivity contribution is -0.137. The zero-order chi connectivity index (χ0) is 21.7. The molecule has 10 heteroatoms. The van der Waals surface area contributed by atoms with Gasteiger partial charge < -0.3 is 18.7 Å². The van der Waals surface area contributed by atoms with Gasteiger partial charge in [-0.05, 0) is 37.3 Å². The van der Waals surface area contributed by atoms with E-state index in [9.17, 15) is 18.0 Å². The first-order chi connectivity index (χ1) is 14.3. The van der Waals surface area contributed by atoms with E-state index < -0.39 is 17.7 Å². The summed E-state index contributed by atoms with van der Waals surface area (Å²) >= 11 is 0. The number of carbonyl (C=O) groups is 1. The summed E-state index contributed by atoms with van der Waals surface area (Å²) in [5, 5.41) is 3.69. The third-order valence-corrected chi connectivity index (χ3v) is 3.96. The molecule has 0 bridgehead atoms. The van der Waals surface area contributed by atoms with Crippen LogP contribution in [-0.2, 0) is 17.5 Å². The Labute approximate surface area is 169 Å². The van der Waals surface area contributed by atoms with Crippen LogP contribution in [0.5, 0.6) is 11.5 Å². The van der Waals surface area contributed by atoms with Crippen molar-refractivity contribution in [1.82, 2.24) is 10.1 Å². The highest BCUT2D eigenvalue weighted by Crippen LogP contribution is 2.31. The van der Waals surface area contributed by atoms with E-state index in [0.29, 0.717) is 23.7 Å². The zero-order valence-corrected chi connectivity index (χ0v) is 16.0. The molecule has 3 rings (SSSR count). The molecule has 0 atom stereocenters. The van der Waals surface area contributed by atoms with Gasteiger partial charge in [-0.3, -0.25) is 0 Å². The van der Waals surface area contributed by atoms with Crippen LogP contribution in [0.15, 0.2) is 47.0 Å². The van der Waals surface area contributed by atoms with Crippen molar-refractivity contribution < 1.29 is 36.7 Å². The minimum Gasteiger partial charge on any atom is -0.493 e. The first-order valence-corrected chi connectivity index (χ1v) is 8.80. The van der Waals surface area contributed by atoms with Crippen molar-refractivity contribution in [1.29, 1.82) is 0 Å². The maximum atomic E-state index is 12.6. The number of alkyl halides is 3. The van der Waals surface area contributed by atoms with Gasteiger partial charge in [-0.2, -0.15) is 18.2 Å². The second kappa shape index (κ2) is 8.85. The summed E-state index contributed by atoms with van der Waals surface area (Å²) in [5.74, 6) is 0.308. The minimum atomic E-state index is -4.43. The molecular formula is C20H17F3N2O5. The SMILES string of the molecule is CCOc1ccc(C(=O)OCc2nc(-c3ccc(C(F)(F)F)cc3)no2)cc1OC. The van der Waals surface area contributed by atoms with E-state index in [1.54, 1.807) is 6.07 Å². The highest BCUT2D eigenvalue weighted by atomic mass is 19.4. The van der Waals surface area contributed by atoms with Crippen LogP contribution in [0.3, 0.4) is 0 Å². The normalized spacial score (nSPS) is 11.2. The van der Waals surface area contributed by atoms with Crippen molar-refractivity contribution in [3.8, 4) is 22.9 Å². The predicted molar refractivity (Wildman–Crippen MR) is 98.0 cm³/mol. The van der Waals surface area contributed by atoms with Gasteiger partial charge in [0.1, 0.15) is 0 Å². The van der Waals surface area contributed by atoms with Gasteiger partial charge in [0.05, 0.1) is 24.8 Å². The molecule has 3 aromatic rings. The third-order valence-electron chi connectivity index (χ3n) is 3.96. The predicted octanol–water partition coefficient (Wildman–Crippen LogP) is 4.52. The zero-order valence-electron chi connectivity index (χ0n) is 16.0. The summed E-state index contributed by atoms with van der Waals surface area (Å²) in [6, 6.07) is 8.90. The Kier molecular flexibility index (Phi) is 6.24. The Bertz CT molecular complexity index is 1020. The third kappa shape index (κ3) is 4.88. The first-order valence-electron chi connectivity index (χ1n) is 8.80. The highest BCUT2D eigenvalue weighted by molar-refractivity contribution is 5.90. The summed E-state index contributed by atoms with van der Waals surface area (Å²) in [6.07, 6.45) is -4.43. The fourth-order valence-corrected chi connectivity index (χ4v) is 2.52. The van der Waals surface area contributed by atoms with Gasteiger partial charge in [0.15, 0.2) is 18.1 Å². The second-order valence-electron chi connectivity index (χ2n) is 5.96. The summed E-state index contributed by atoms with van der Waals surface area (Å²) < 4.78 is 58.6. The molecular weight excluding hydrogens is 405 g/mol. The van der Waals surface area contributed by atoms with Crippen molar-refractivity contribution in [2.45, 2.75) is 19.7 Å². The van der Waals surface area contributed by atoms with Crippen LogP contribution in [0.4, 0.5) is 13.2 Å². The van der Waals surface area contributed by atoms with Crippen molar-refractivity contribution in [2.24, 2.45) is 0 Å². The molecule has 2 aromatic carbocycles. The molecule has 0 saturated carbocycles. The van der Waals surface area contributed by atoms with E-state index in [4.69, 9.17) is 18.7 Å². The van der Waals surface area contributed by atoms with E-state index in [0.717, 1.165) is 12.1 Å². The number of carbonyl (C=O) groups excluding carboxylic acids is 1. The van der Waals surface area contributed by atoms with Gasteiger partial charge in [0.25, 0.3) is 5.89 Å². The molecule has 158 valence electrons. The fraction of sp³-hybridized carbons (Fsp3) is 0.250. The van der Waals surface area contributed by atoms with Gasteiger partial charge in [-0.1, -0.05) is 17.3 Å².